The van der Waals surface area contributed by atoms with Crippen LogP contribution in [-0.4, -0.2) is 70.6 Å². The lowest BCUT2D eigenvalue weighted by atomic mass is 9.50. The highest BCUT2D eigenvalue weighted by atomic mass is 16.7. The molecule has 0 unspecified atom stereocenters. The van der Waals surface area contributed by atoms with Gasteiger partial charge in [-0.25, -0.2) is 0 Å². The maximum atomic E-state index is 13.5. The lowest BCUT2D eigenvalue weighted by molar-refractivity contribution is -0.282. The molecule has 4 N–H and O–H groups in total. The van der Waals surface area contributed by atoms with Gasteiger partial charge in [-0.05, 0) is 36.2 Å². The van der Waals surface area contributed by atoms with Gasteiger partial charge in [0.25, 0.3) is 0 Å². The first kappa shape index (κ1) is 26.4. The van der Waals surface area contributed by atoms with Crippen molar-refractivity contribution in [2.45, 2.75) is 102 Å². The lowest BCUT2D eigenvalue weighted by Crippen LogP contribution is -2.60. The molecule has 7 atom stereocenters. The van der Waals surface area contributed by atoms with E-state index in [-0.39, 0.29) is 34.5 Å². The summed E-state index contributed by atoms with van der Waals surface area (Å²) in [4.78, 5) is 13.5. The van der Waals surface area contributed by atoms with E-state index in [0.29, 0.717) is 23.1 Å². The van der Waals surface area contributed by atoms with Crippen LogP contribution in [0, 0.1) is 11.3 Å². The van der Waals surface area contributed by atoms with E-state index in [4.69, 9.17) is 14.2 Å². The Balaban J connectivity index is 1.87. The van der Waals surface area contributed by atoms with Gasteiger partial charge in [0.1, 0.15) is 24.4 Å². The summed E-state index contributed by atoms with van der Waals surface area (Å²) in [7, 11) is 1.36. The molecular formula is C27H40O8. The van der Waals surface area contributed by atoms with Crippen molar-refractivity contribution in [3.8, 4) is 11.5 Å². The summed E-state index contributed by atoms with van der Waals surface area (Å²) in [5.41, 5.74) is 1.25. The molecule has 0 spiro atoms. The molecule has 0 aromatic heterocycles. The van der Waals surface area contributed by atoms with Gasteiger partial charge in [-0.1, -0.05) is 41.0 Å². The Hall–Kier alpha value is -1.71. The SMILES string of the molecule is CO[C@H]1[C@H](O)[C@@H](O)[C@H](Oc2c(O)c(C(C)C)cc3c2[C@@]2(C)CCCC(C)(C)[C@@H]2CC3=O)O[C@@H]1CO. The lowest BCUT2D eigenvalue weighted by Gasteiger charge is -2.54. The Morgan fingerprint density at radius 3 is 2.46 bits per heavy atom. The van der Waals surface area contributed by atoms with E-state index in [1.54, 1.807) is 6.07 Å². The summed E-state index contributed by atoms with van der Waals surface area (Å²) in [6.45, 7) is 9.91. The van der Waals surface area contributed by atoms with E-state index >= 15 is 0 Å². The minimum atomic E-state index is -1.49. The topological polar surface area (TPSA) is 126 Å². The fraction of sp³-hybridized carbons (Fsp3) is 0.741. The van der Waals surface area contributed by atoms with E-state index in [0.717, 1.165) is 19.3 Å². The van der Waals surface area contributed by atoms with Crippen molar-refractivity contribution in [2.24, 2.45) is 11.3 Å². The number of carbonyl (C=O) groups is 1. The molecule has 8 heteroatoms. The molecular weight excluding hydrogens is 452 g/mol. The number of rotatable bonds is 5. The van der Waals surface area contributed by atoms with Gasteiger partial charge in [0.15, 0.2) is 17.3 Å². The molecule has 1 aliphatic heterocycles. The van der Waals surface area contributed by atoms with Gasteiger partial charge in [-0.3, -0.25) is 4.79 Å². The van der Waals surface area contributed by atoms with E-state index in [2.05, 4.69) is 20.8 Å². The first-order valence-electron chi connectivity index (χ1n) is 12.6. The van der Waals surface area contributed by atoms with Crippen molar-refractivity contribution in [1.29, 1.82) is 0 Å². The zero-order chi connectivity index (χ0) is 25.9. The average Bonchev–Trinajstić information content (AvgIpc) is 2.79. The van der Waals surface area contributed by atoms with Crippen LogP contribution >= 0.6 is 0 Å². The molecule has 1 heterocycles. The quantitative estimate of drug-likeness (QED) is 0.494. The Bertz CT molecular complexity index is 970. The highest BCUT2D eigenvalue weighted by Crippen LogP contribution is 2.60. The number of aliphatic hydroxyl groups excluding tert-OH is 3. The average molecular weight is 493 g/mol. The van der Waals surface area contributed by atoms with Crippen molar-refractivity contribution < 1.29 is 39.4 Å². The third kappa shape index (κ3) is 4.17. The van der Waals surface area contributed by atoms with Crippen LogP contribution in [0.25, 0.3) is 0 Å². The van der Waals surface area contributed by atoms with Crippen LogP contribution < -0.4 is 4.74 Å². The molecule has 1 saturated carbocycles. The van der Waals surface area contributed by atoms with Crippen molar-refractivity contribution in [3.63, 3.8) is 0 Å². The Kier molecular flexibility index (Phi) is 7.01. The highest BCUT2D eigenvalue weighted by molar-refractivity contribution is 6.01. The number of phenols is 1. The number of methoxy groups -OCH3 is 1. The standard InChI is InChI=1S/C27H40O8/c1-13(2)14-10-15-16(29)11-18-26(3,4)8-7-9-27(18,5)19(15)24(20(14)30)35-25-22(32)21(31)23(33-6)17(12-28)34-25/h10,13,17-18,21-23,25,28,30-32H,7-9,11-12H2,1-6H3/t17-,18+,21-,22-,23-,25+,27+/m1/s1. The Labute approximate surface area is 207 Å². The van der Waals surface area contributed by atoms with Crippen molar-refractivity contribution in [1.82, 2.24) is 0 Å². The molecule has 4 rings (SSSR count). The molecule has 0 bridgehead atoms. The zero-order valence-corrected chi connectivity index (χ0v) is 21.6. The van der Waals surface area contributed by atoms with Crippen LogP contribution in [0.4, 0.5) is 0 Å². The van der Waals surface area contributed by atoms with Crippen LogP contribution in [-0.2, 0) is 14.9 Å². The summed E-state index contributed by atoms with van der Waals surface area (Å²) in [5.74, 6) is 0.0164. The monoisotopic (exact) mass is 492 g/mol. The molecule has 3 aliphatic rings. The molecule has 1 aromatic carbocycles. The van der Waals surface area contributed by atoms with Gasteiger partial charge in [0.2, 0.25) is 6.29 Å². The number of carbonyl (C=O) groups excluding carboxylic acids is 1. The van der Waals surface area contributed by atoms with Gasteiger partial charge in [0.05, 0.1) is 6.61 Å². The maximum Gasteiger partial charge on any atom is 0.229 e. The minimum Gasteiger partial charge on any atom is -0.504 e. The first-order chi connectivity index (χ1) is 16.4. The summed E-state index contributed by atoms with van der Waals surface area (Å²) < 4.78 is 17.2. The molecule has 0 amide bonds. The number of fused-ring (bicyclic) bond motifs is 3. The third-order valence-electron chi connectivity index (χ3n) is 8.72. The molecule has 2 aliphatic carbocycles. The number of ether oxygens (including phenoxy) is 3. The van der Waals surface area contributed by atoms with E-state index in [1.165, 1.54) is 7.11 Å². The van der Waals surface area contributed by atoms with E-state index in [9.17, 15) is 25.2 Å². The number of hydrogen-bond donors (Lipinski definition) is 4. The van der Waals surface area contributed by atoms with Crippen LogP contribution in [0.15, 0.2) is 6.07 Å². The number of benzene rings is 1. The van der Waals surface area contributed by atoms with Crippen molar-refractivity contribution >= 4 is 5.78 Å². The minimum absolute atomic E-state index is 0.0158. The molecule has 35 heavy (non-hydrogen) atoms. The Morgan fingerprint density at radius 1 is 1.17 bits per heavy atom. The molecule has 0 radical (unpaired) electrons. The number of Topliss-reactive ketones (excluding diaryl/α,β-unsaturated/α-hetero) is 1. The summed E-state index contributed by atoms with van der Waals surface area (Å²) in [6.07, 6.45) is -2.87. The zero-order valence-electron chi connectivity index (χ0n) is 21.6. The third-order valence-corrected chi connectivity index (χ3v) is 8.72. The second-order valence-corrected chi connectivity index (χ2v) is 11.7. The molecule has 1 saturated heterocycles. The number of phenolic OH excluding ortho intramolecular Hbond substituents is 1. The Morgan fingerprint density at radius 2 is 1.86 bits per heavy atom. The molecule has 2 fully saturated rings. The smallest absolute Gasteiger partial charge is 0.229 e. The largest absolute Gasteiger partial charge is 0.504 e. The van der Waals surface area contributed by atoms with Crippen LogP contribution in [0.2, 0.25) is 0 Å². The van der Waals surface area contributed by atoms with Crippen LogP contribution in [0.3, 0.4) is 0 Å². The van der Waals surface area contributed by atoms with Crippen LogP contribution in [0.1, 0.15) is 87.7 Å². The molecule has 1 aromatic rings. The second-order valence-electron chi connectivity index (χ2n) is 11.7. The predicted molar refractivity (Wildman–Crippen MR) is 129 cm³/mol. The van der Waals surface area contributed by atoms with Gasteiger partial charge < -0.3 is 34.6 Å². The number of aromatic hydroxyl groups is 1. The number of aliphatic hydroxyl groups is 3. The summed E-state index contributed by atoms with van der Waals surface area (Å²) >= 11 is 0. The van der Waals surface area contributed by atoms with Gasteiger partial charge in [-0.2, -0.15) is 0 Å². The fourth-order valence-electron chi connectivity index (χ4n) is 6.79. The van der Waals surface area contributed by atoms with Crippen LogP contribution in [0.5, 0.6) is 11.5 Å². The first-order valence-corrected chi connectivity index (χ1v) is 12.6. The summed E-state index contributed by atoms with van der Waals surface area (Å²) in [6, 6.07) is 1.79. The highest BCUT2D eigenvalue weighted by Gasteiger charge is 2.54. The maximum absolute atomic E-state index is 13.5. The van der Waals surface area contributed by atoms with Crippen molar-refractivity contribution in [2.75, 3.05) is 13.7 Å². The van der Waals surface area contributed by atoms with Crippen molar-refractivity contribution in [3.05, 3.63) is 22.8 Å². The van der Waals surface area contributed by atoms with Gasteiger partial charge >= 0.3 is 0 Å². The fourth-order valence-corrected chi connectivity index (χ4v) is 6.79. The van der Waals surface area contributed by atoms with Gasteiger partial charge in [0, 0.05) is 35.6 Å². The predicted octanol–water partition coefficient (Wildman–Crippen LogP) is 3.02. The van der Waals surface area contributed by atoms with E-state index in [1.807, 2.05) is 13.8 Å². The number of hydrogen-bond acceptors (Lipinski definition) is 8. The summed E-state index contributed by atoms with van der Waals surface area (Å²) in [5, 5.41) is 42.6. The molecule has 196 valence electrons. The molecule has 8 nitrogen and oxygen atoms in total. The second kappa shape index (κ2) is 9.30. The normalized spacial score (nSPS) is 36.6. The van der Waals surface area contributed by atoms with Gasteiger partial charge in [-0.15, -0.1) is 0 Å². The van der Waals surface area contributed by atoms with E-state index < -0.39 is 42.7 Å². The number of ketones is 1.